The fourth-order valence-corrected chi connectivity index (χ4v) is 6.67. The molecular formula is C22H30O5. The molecule has 0 amide bonds. The topological polar surface area (TPSA) is 71.5 Å². The lowest BCUT2D eigenvalue weighted by atomic mass is 9.59. The SMILES string of the molecule is C[C@@]1(CO)O[C@H](CO)[C@@]23O[C@@H]2[C@@H]2CCC[C@@H]2[C@@H](COCc2ccccc2)[C@H]31. The second-order valence-electron chi connectivity index (χ2n) is 9.05. The summed E-state index contributed by atoms with van der Waals surface area (Å²) in [5.41, 5.74) is 0.0574. The Morgan fingerprint density at radius 3 is 2.63 bits per heavy atom. The minimum absolute atomic E-state index is 0.0570. The molecule has 148 valence electrons. The summed E-state index contributed by atoms with van der Waals surface area (Å²) in [5.74, 6) is 1.43. The molecule has 5 nitrogen and oxygen atoms in total. The second-order valence-corrected chi connectivity index (χ2v) is 9.05. The first kappa shape index (κ1) is 18.1. The van der Waals surface area contributed by atoms with E-state index >= 15 is 0 Å². The molecule has 2 heterocycles. The maximum atomic E-state index is 10.2. The van der Waals surface area contributed by atoms with Crippen LogP contribution in [0.2, 0.25) is 0 Å². The van der Waals surface area contributed by atoms with Gasteiger partial charge in [0.2, 0.25) is 0 Å². The van der Waals surface area contributed by atoms with E-state index in [1.165, 1.54) is 24.8 Å². The summed E-state index contributed by atoms with van der Waals surface area (Å²) < 4.78 is 18.8. The Morgan fingerprint density at radius 1 is 1.11 bits per heavy atom. The van der Waals surface area contributed by atoms with Crippen LogP contribution in [-0.4, -0.2) is 53.4 Å². The molecule has 0 unspecified atom stereocenters. The van der Waals surface area contributed by atoms with E-state index in [1.807, 2.05) is 25.1 Å². The van der Waals surface area contributed by atoms with Crippen LogP contribution in [0.25, 0.3) is 0 Å². The molecule has 2 aliphatic carbocycles. The van der Waals surface area contributed by atoms with E-state index in [2.05, 4.69) is 12.1 Å². The van der Waals surface area contributed by atoms with Crippen LogP contribution >= 0.6 is 0 Å². The van der Waals surface area contributed by atoms with E-state index in [4.69, 9.17) is 14.2 Å². The van der Waals surface area contributed by atoms with E-state index in [0.29, 0.717) is 25.0 Å². The molecule has 1 spiro atoms. The van der Waals surface area contributed by atoms with Gasteiger partial charge in [-0.05, 0) is 43.1 Å². The Balaban J connectivity index is 1.41. The summed E-state index contributed by atoms with van der Waals surface area (Å²) in [4.78, 5) is 0. The van der Waals surface area contributed by atoms with Crippen molar-refractivity contribution in [2.24, 2.45) is 23.7 Å². The minimum Gasteiger partial charge on any atom is -0.394 e. The second kappa shape index (κ2) is 6.53. The maximum Gasteiger partial charge on any atom is 0.129 e. The van der Waals surface area contributed by atoms with Crippen LogP contribution in [0, 0.1) is 23.7 Å². The van der Waals surface area contributed by atoms with Crippen molar-refractivity contribution in [3.63, 3.8) is 0 Å². The van der Waals surface area contributed by atoms with Crippen LogP contribution in [0.15, 0.2) is 30.3 Å². The molecule has 2 saturated carbocycles. The molecule has 0 aromatic heterocycles. The lowest BCUT2D eigenvalue weighted by molar-refractivity contribution is -0.108. The van der Waals surface area contributed by atoms with Crippen molar-refractivity contribution in [3.05, 3.63) is 35.9 Å². The van der Waals surface area contributed by atoms with Gasteiger partial charge < -0.3 is 24.4 Å². The van der Waals surface area contributed by atoms with Gasteiger partial charge in [-0.25, -0.2) is 0 Å². The fourth-order valence-electron chi connectivity index (χ4n) is 6.67. The average Bonchev–Trinajstić information content (AvgIpc) is 3.13. The first-order valence-electron chi connectivity index (χ1n) is 10.3. The van der Waals surface area contributed by atoms with Crippen molar-refractivity contribution in [3.8, 4) is 0 Å². The largest absolute Gasteiger partial charge is 0.394 e. The van der Waals surface area contributed by atoms with Crippen LogP contribution in [0.3, 0.4) is 0 Å². The molecular weight excluding hydrogens is 344 g/mol. The van der Waals surface area contributed by atoms with Gasteiger partial charge in [-0.1, -0.05) is 36.8 Å². The lowest BCUT2D eigenvalue weighted by Gasteiger charge is -2.43. The van der Waals surface area contributed by atoms with Crippen molar-refractivity contribution >= 4 is 0 Å². The van der Waals surface area contributed by atoms with Crippen molar-refractivity contribution in [2.45, 2.75) is 56.2 Å². The van der Waals surface area contributed by atoms with Gasteiger partial charge in [0.25, 0.3) is 0 Å². The van der Waals surface area contributed by atoms with Crippen LogP contribution in [0.1, 0.15) is 31.7 Å². The highest BCUT2D eigenvalue weighted by molar-refractivity contribution is 5.27. The minimum atomic E-state index is -0.684. The third-order valence-electron chi connectivity index (χ3n) is 7.67. The number of hydrogen-bond donors (Lipinski definition) is 2. The molecule has 2 N–H and O–H groups in total. The van der Waals surface area contributed by atoms with E-state index in [9.17, 15) is 10.2 Å². The first-order chi connectivity index (χ1) is 13.1. The molecule has 0 radical (unpaired) electrons. The summed E-state index contributed by atoms with van der Waals surface area (Å²) in [5, 5.41) is 20.1. The van der Waals surface area contributed by atoms with Gasteiger partial charge in [-0.3, -0.25) is 0 Å². The molecule has 5 heteroatoms. The Bertz CT molecular complexity index is 681. The molecule has 2 aliphatic heterocycles. The van der Waals surface area contributed by atoms with E-state index < -0.39 is 11.2 Å². The molecule has 4 fully saturated rings. The van der Waals surface area contributed by atoms with Gasteiger partial charge in [-0.2, -0.15) is 0 Å². The molecule has 27 heavy (non-hydrogen) atoms. The Hall–Kier alpha value is -0.980. The number of hydrogen-bond acceptors (Lipinski definition) is 5. The van der Waals surface area contributed by atoms with Gasteiger partial charge in [-0.15, -0.1) is 0 Å². The van der Waals surface area contributed by atoms with E-state index in [1.54, 1.807) is 0 Å². The smallest absolute Gasteiger partial charge is 0.129 e. The highest BCUT2D eigenvalue weighted by Gasteiger charge is 2.81. The monoisotopic (exact) mass is 374 g/mol. The molecule has 0 bridgehead atoms. The van der Waals surface area contributed by atoms with Crippen molar-refractivity contribution in [1.82, 2.24) is 0 Å². The fraction of sp³-hybridized carbons (Fsp3) is 0.727. The third-order valence-corrected chi connectivity index (χ3v) is 7.67. The maximum absolute atomic E-state index is 10.2. The van der Waals surface area contributed by atoms with Crippen molar-refractivity contribution in [2.75, 3.05) is 19.8 Å². The quantitative estimate of drug-likeness (QED) is 0.747. The number of aliphatic hydroxyl groups is 2. The molecule has 1 aromatic carbocycles. The Morgan fingerprint density at radius 2 is 1.89 bits per heavy atom. The Kier molecular flexibility index (Phi) is 4.37. The van der Waals surface area contributed by atoms with Gasteiger partial charge in [0.1, 0.15) is 11.7 Å². The van der Waals surface area contributed by atoms with E-state index in [-0.39, 0.29) is 37.3 Å². The molecule has 5 rings (SSSR count). The normalized spacial score (nSPS) is 47.4. The highest BCUT2D eigenvalue weighted by Crippen LogP contribution is 2.69. The number of ether oxygens (including phenoxy) is 3. The van der Waals surface area contributed by atoms with Gasteiger partial charge in [0, 0.05) is 5.92 Å². The summed E-state index contributed by atoms with van der Waals surface area (Å²) in [6.07, 6.45) is 3.44. The van der Waals surface area contributed by atoms with Crippen LogP contribution < -0.4 is 0 Å². The third kappa shape index (κ3) is 2.56. The van der Waals surface area contributed by atoms with Gasteiger partial charge >= 0.3 is 0 Å². The molecule has 2 saturated heterocycles. The zero-order chi connectivity index (χ0) is 18.6. The summed E-state index contributed by atoms with van der Waals surface area (Å²) >= 11 is 0. The number of epoxide rings is 1. The first-order valence-corrected chi connectivity index (χ1v) is 10.3. The molecule has 1 aromatic rings. The average molecular weight is 374 g/mol. The standard InChI is InChI=1S/C22H30O5/c1-21(13-24)19-17(12-25-11-14-6-3-2-4-7-14)15-8-5-9-16(15)20-22(19,27-20)18(10-23)26-21/h2-4,6-7,15-20,23-24H,5,8-13H2,1H3/t15-,16+,17+,18+,19-,20+,21-,22-/m0/s1. The predicted molar refractivity (Wildman–Crippen MR) is 99.0 cm³/mol. The highest BCUT2D eigenvalue weighted by atomic mass is 16.7. The van der Waals surface area contributed by atoms with Crippen molar-refractivity contribution < 1.29 is 24.4 Å². The predicted octanol–water partition coefficient (Wildman–Crippen LogP) is 2.15. The summed E-state index contributed by atoms with van der Waals surface area (Å²) in [7, 11) is 0. The van der Waals surface area contributed by atoms with Crippen molar-refractivity contribution in [1.29, 1.82) is 0 Å². The summed E-state index contributed by atoms with van der Waals surface area (Å²) in [6, 6.07) is 10.2. The van der Waals surface area contributed by atoms with Crippen LogP contribution in [-0.2, 0) is 20.8 Å². The molecule has 4 aliphatic rings. The molecule has 8 atom stereocenters. The Labute approximate surface area is 160 Å². The number of fused-ring (bicyclic) bond motifs is 2. The van der Waals surface area contributed by atoms with Gasteiger partial charge in [0.15, 0.2) is 0 Å². The lowest BCUT2D eigenvalue weighted by Crippen LogP contribution is -2.54. The zero-order valence-electron chi connectivity index (χ0n) is 15.9. The van der Waals surface area contributed by atoms with Crippen LogP contribution in [0.5, 0.6) is 0 Å². The number of aliphatic hydroxyl groups excluding tert-OH is 2. The number of benzene rings is 1. The van der Waals surface area contributed by atoms with E-state index in [0.717, 1.165) is 0 Å². The number of rotatable bonds is 6. The van der Waals surface area contributed by atoms with Crippen LogP contribution in [0.4, 0.5) is 0 Å². The zero-order valence-corrected chi connectivity index (χ0v) is 15.9. The summed E-state index contributed by atoms with van der Waals surface area (Å²) in [6.45, 7) is 3.11. The van der Waals surface area contributed by atoms with Gasteiger partial charge in [0.05, 0.1) is 38.1 Å².